The van der Waals surface area contributed by atoms with Crippen molar-refractivity contribution in [1.82, 2.24) is 15.0 Å². The normalized spacial score (nSPS) is 15.4. The molecule has 150 valence electrons. The van der Waals surface area contributed by atoms with Gasteiger partial charge in [0.15, 0.2) is 0 Å². The number of anilines is 1. The zero-order chi connectivity index (χ0) is 20.2. The topological polar surface area (TPSA) is 71.3 Å². The van der Waals surface area contributed by atoms with Gasteiger partial charge in [0.1, 0.15) is 5.82 Å². The van der Waals surface area contributed by atoms with E-state index in [0.29, 0.717) is 28.8 Å². The Hall–Kier alpha value is -2.77. The van der Waals surface area contributed by atoms with Crippen LogP contribution in [0, 0.1) is 11.7 Å². The van der Waals surface area contributed by atoms with Crippen LogP contribution in [-0.4, -0.2) is 34.0 Å². The molecule has 8 heteroatoms. The van der Waals surface area contributed by atoms with Gasteiger partial charge in [-0.3, -0.25) is 9.69 Å². The van der Waals surface area contributed by atoms with Crippen LogP contribution in [0.25, 0.3) is 11.4 Å². The monoisotopic (exact) mass is 414 g/mol. The fourth-order valence-corrected chi connectivity index (χ4v) is 3.48. The highest BCUT2D eigenvalue weighted by atomic mass is 35.5. The average Bonchev–Trinajstić information content (AvgIpc) is 3.19. The van der Waals surface area contributed by atoms with Crippen LogP contribution in [0.15, 0.2) is 53.1 Å². The van der Waals surface area contributed by atoms with E-state index in [0.717, 1.165) is 31.6 Å². The molecule has 0 unspecified atom stereocenters. The Morgan fingerprint density at radius 1 is 1.14 bits per heavy atom. The summed E-state index contributed by atoms with van der Waals surface area (Å²) >= 11 is 5.87. The van der Waals surface area contributed by atoms with E-state index in [9.17, 15) is 9.18 Å². The molecule has 1 amide bonds. The molecule has 1 aliphatic heterocycles. The first-order chi connectivity index (χ1) is 14.1. The van der Waals surface area contributed by atoms with Crippen LogP contribution >= 0.6 is 11.6 Å². The molecule has 1 aliphatic rings. The number of carbonyl (C=O) groups is 1. The number of nitrogens with zero attached hydrogens (tertiary/aromatic N) is 3. The highest BCUT2D eigenvalue weighted by molar-refractivity contribution is 6.30. The molecule has 1 N–H and O–H groups in total. The number of carbonyl (C=O) groups excluding carboxylic acids is 1. The minimum atomic E-state index is -0.305. The number of likely N-dealkylation sites (tertiary alicyclic amines) is 1. The lowest BCUT2D eigenvalue weighted by molar-refractivity contribution is -0.121. The largest absolute Gasteiger partial charge is 0.338 e. The maximum absolute atomic E-state index is 13.0. The molecule has 0 atom stereocenters. The second-order valence-corrected chi connectivity index (χ2v) is 7.50. The zero-order valence-corrected chi connectivity index (χ0v) is 16.4. The maximum atomic E-state index is 13.0. The van der Waals surface area contributed by atoms with Gasteiger partial charge in [0.2, 0.25) is 17.6 Å². The number of piperidine rings is 1. The Morgan fingerprint density at radius 3 is 2.52 bits per heavy atom. The quantitative estimate of drug-likeness (QED) is 0.670. The van der Waals surface area contributed by atoms with Gasteiger partial charge in [0.25, 0.3) is 0 Å². The molecule has 0 radical (unpaired) electrons. The highest BCUT2D eigenvalue weighted by Gasteiger charge is 2.26. The standard InChI is InChI=1S/C21H20ClFN4O2/c22-16-3-7-18(8-4-16)24-21(28)15-9-11-27(12-10-15)13-19-25-20(26-29-19)14-1-5-17(23)6-2-14/h1-8,15H,9-13H2,(H,24,28). The van der Waals surface area contributed by atoms with Gasteiger partial charge in [0, 0.05) is 22.2 Å². The van der Waals surface area contributed by atoms with E-state index in [2.05, 4.69) is 20.4 Å². The fraction of sp³-hybridized carbons (Fsp3) is 0.286. The lowest BCUT2D eigenvalue weighted by Gasteiger charge is -2.30. The molecule has 2 heterocycles. The summed E-state index contributed by atoms with van der Waals surface area (Å²) in [5.74, 6) is 0.647. The predicted molar refractivity (Wildman–Crippen MR) is 108 cm³/mol. The predicted octanol–water partition coefficient (Wildman–Crippen LogP) is 4.38. The number of nitrogens with one attached hydrogen (secondary N) is 1. The van der Waals surface area contributed by atoms with Crippen molar-refractivity contribution in [1.29, 1.82) is 0 Å². The van der Waals surface area contributed by atoms with Crippen molar-refractivity contribution in [3.05, 3.63) is 65.3 Å². The van der Waals surface area contributed by atoms with Crippen LogP contribution in [0.3, 0.4) is 0 Å². The van der Waals surface area contributed by atoms with Gasteiger partial charge in [0.05, 0.1) is 6.54 Å². The summed E-state index contributed by atoms with van der Waals surface area (Å²) in [6.45, 7) is 2.07. The molecule has 29 heavy (non-hydrogen) atoms. The van der Waals surface area contributed by atoms with Crippen molar-refractivity contribution in [3.8, 4) is 11.4 Å². The average molecular weight is 415 g/mol. The SMILES string of the molecule is O=C(Nc1ccc(Cl)cc1)C1CCN(Cc2nc(-c3ccc(F)cc3)no2)CC1. The third kappa shape index (κ3) is 4.99. The minimum absolute atomic E-state index is 0.0283. The van der Waals surface area contributed by atoms with Crippen molar-refractivity contribution in [2.75, 3.05) is 18.4 Å². The summed E-state index contributed by atoms with van der Waals surface area (Å²) in [6.07, 6.45) is 1.52. The summed E-state index contributed by atoms with van der Waals surface area (Å²) in [6, 6.07) is 13.1. The van der Waals surface area contributed by atoms with Crippen LogP contribution < -0.4 is 5.32 Å². The number of halogens is 2. The molecule has 3 aromatic rings. The Balaban J connectivity index is 1.28. The first-order valence-corrected chi connectivity index (χ1v) is 9.82. The first-order valence-electron chi connectivity index (χ1n) is 9.44. The number of aromatic nitrogens is 2. The van der Waals surface area contributed by atoms with Crippen molar-refractivity contribution in [3.63, 3.8) is 0 Å². The van der Waals surface area contributed by atoms with E-state index >= 15 is 0 Å². The van der Waals surface area contributed by atoms with Crippen LogP contribution in [0.1, 0.15) is 18.7 Å². The molecule has 0 spiro atoms. The lowest BCUT2D eigenvalue weighted by Crippen LogP contribution is -2.37. The molecule has 1 aromatic heterocycles. The van der Waals surface area contributed by atoms with Gasteiger partial charge < -0.3 is 9.84 Å². The third-order valence-electron chi connectivity index (χ3n) is 5.00. The summed E-state index contributed by atoms with van der Waals surface area (Å²) in [4.78, 5) is 19.0. The van der Waals surface area contributed by atoms with Gasteiger partial charge in [-0.15, -0.1) is 0 Å². The van der Waals surface area contributed by atoms with E-state index < -0.39 is 0 Å². The molecule has 1 fully saturated rings. The molecular formula is C21H20ClFN4O2. The molecule has 2 aromatic carbocycles. The highest BCUT2D eigenvalue weighted by Crippen LogP contribution is 2.22. The van der Waals surface area contributed by atoms with Crippen LogP contribution in [-0.2, 0) is 11.3 Å². The van der Waals surface area contributed by atoms with E-state index in [1.807, 2.05) is 0 Å². The second-order valence-electron chi connectivity index (χ2n) is 7.07. The smallest absolute Gasteiger partial charge is 0.241 e. The summed E-state index contributed by atoms with van der Waals surface area (Å²) in [5.41, 5.74) is 1.46. The first kappa shape index (κ1) is 19.5. The van der Waals surface area contributed by atoms with Gasteiger partial charge >= 0.3 is 0 Å². The van der Waals surface area contributed by atoms with Crippen LogP contribution in [0.2, 0.25) is 5.02 Å². The minimum Gasteiger partial charge on any atom is -0.338 e. The number of rotatable bonds is 5. The molecule has 0 bridgehead atoms. The maximum Gasteiger partial charge on any atom is 0.241 e. The van der Waals surface area contributed by atoms with Crippen molar-refractivity contribution >= 4 is 23.2 Å². The van der Waals surface area contributed by atoms with Crippen LogP contribution in [0.4, 0.5) is 10.1 Å². The van der Waals surface area contributed by atoms with Gasteiger partial charge in [-0.25, -0.2) is 4.39 Å². The zero-order valence-electron chi connectivity index (χ0n) is 15.6. The Kier molecular flexibility index (Phi) is 5.87. The van der Waals surface area contributed by atoms with Crippen molar-refractivity contribution < 1.29 is 13.7 Å². The molecular weight excluding hydrogens is 395 g/mol. The van der Waals surface area contributed by atoms with Gasteiger partial charge in [-0.2, -0.15) is 4.98 Å². The third-order valence-corrected chi connectivity index (χ3v) is 5.25. The van der Waals surface area contributed by atoms with Crippen LogP contribution in [0.5, 0.6) is 0 Å². The Labute approximate surface area is 172 Å². The fourth-order valence-electron chi connectivity index (χ4n) is 3.36. The number of amides is 1. The molecule has 1 saturated heterocycles. The molecule has 0 aliphatic carbocycles. The summed E-state index contributed by atoms with van der Waals surface area (Å²) < 4.78 is 18.4. The van der Waals surface area contributed by atoms with Gasteiger partial charge in [-0.1, -0.05) is 16.8 Å². The Bertz CT molecular complexity index is 967. The second kappa shape index (κ2) is 8.71. The lowest BCUT2D eigenvalue weighted by atomic mass is 9.96. The van der Waals surface area contributed by atoms with Crippen molar-refractivity contribution in [2.24, 2.45) is 5.92 Å². The molecule has 0 saturated carbocycles. The van der Waals surface area contributed by atoms with Gasteiger partial charge in [-0.05, 0) is 74.5 Å². The number of hydrogen-bond acceptors (Lipinski definition) is 5. The molecule has 6 nitrogen and oxygen atoms in total. The van der Waals surface area contributed by atoms with E-state index in [4.69, 9.17) is 16.1 Å². The number of hydrogen-bond donors (Lipinski definition) is 1. The van der Waals surface area contributed by atoms with E-state index in [1.54, 1.807) is 36.4 Å². The van der Waals surface area contributed by atoms with E-state index in [1.165, 1.54) is 12.1 Å². The van der Waals surface area contributed by atoms with E-state index in [-0.39, 0.29) is 17.6 Å². The Morgan fingerprint density at radius 2 is 1.83 bits per heavy atom. The summed E-state index contributed by atoms with van der Waals surface area (Å²) in [5, 5.41) is 7.55. The number of benzene rings is 2. The summed E-state index contributed by atoms with van der Waals surface area (Å²) in [7, 11) is 0. The molecule has 4 rings (SSSR count). The van der Waals surface area contributed by atoms with Crippen molar-refractivity contribution in [2.45, 2.75) is 19.4 Å².